The van der Waals surface area contributed by atoms with E-state index in [1.54, 1.807) is 49.4 Å². The fourth-order valence-corrected chi connectivity index (χ4v) is 4.73. The molecule has 4 aromatic rings. The number of para-hydroxylation sites is 2. The van der Waals surface area contributed by atoms with Crippen LogP contribution in [-0.2, 0) is 26.6 Å². The van der Waals surface area contributed by atoms with E-state index in [4.69, 9.17) is 14.2 Å². The summed E-state index contributed by atoms with van der Waals surface area (Å²) in [6.45, 7) is 1.71. The van der Waals surface area contributed by atoms with Gasteiger partial charge in [0.15, 0.2) is 28.2 Å². The lowest BCUT2D eigenvalue weighted by atomic mass is 10.2. The number of hydrogen-bond acceptors (Lipinski definition) is 11. The zero-order chi connectivity index (χ0) is 28.9. The highest BCUT2D eigenvalue weighted by Gasteiger charge is 2.25. The van der Waals surface area contributed by atoms with Crippen LogP contribution in [0.3, 0.4) is 0 Å². The predicted octanol–water partition coefficient (Wildman–Crippen LogP) is 2.90. The maximum absolute atomic E-state index is 13.3. The first-order chi connectivity index (χ1) is 19.0. The largest absolute Gasteiger partial charge is 0.493 e. The van der Waals surface area contributed by atoms with Gasteiger partial charge in [-0.3, -0.25) is 9.71 Å². The Morgan fingerprint density at radius 2 is 1.65 bits per heavy atom. The summed E-state index contributed by atoms with van der Waals surface area (Å²) < 4.78 is 71.3. The number of methoxy groups -OCH3 is 2. The van der Waals surface area contributed by atoms with Crippen molar-refractivity contribution in [3.05, 3.63) is 72.2 Å². The minimum Gasteiger partial charge on any atom is -0.493 e. The standard InChI is InChI=1S/C25H26N6O7S2/c1-16-9-10-21(27-14-16)40(34,35)31-24-22(38-20-8-6-5-7-19(20)36-2)25(37-3)30-23(29-24)17-11-12-26-18(13-17)15-28-39(4,32)33/h5-14,28H,15H2,1-4H3,(H,29,30,31). The molecule has 0 saturated heterocycles. The molecular formula is C25H26N6O7S2. The van der Waals surface area contributed by atoms with Gasteiger partial charge in [-0.05, 0) is 42.8 Å². The van der Waals surface area contributed by atoms with Crippen LogP contribution in [0.25, 0.3) is 11.4 Å². The molecule has 0 atom stereocenters. The molecule has 0 unspecified atom stereocenters. The number of rotatable bonds is 11. The number of aryl methyl sites for hydroxylation is 1. The van der Waals surface area contributed by atoms with Crippen LogP contribution in [-0.4, -0.2) is 57.2 Å². The van der Waals surface area contributed by atoms with Crippen LogP contribution in [0, 0.1) is 6.92 Å². The maximum Gasteiger partial charge on any atom is 0.280 e. The van der Waals surface area contributed by atoms with E-state index in [0.29, 0.717) is 17.0 Å². The number of ether oxygens (including phenoxy) is 3. The Balaban J connectivity index is 1.83. The van der Waals surface area contributed by atoms with Crippen LogP contribution in [0.2, 0.25) is 0 Å². The second kappa shape index (κ2) is 11.8. The molecule has 3 heterocycles. The summed E-state index contributed by atoms with van der Waals surface area (Å²) in [7, 11) is -4.88. The fraction of sp³-hybridized carbons (Fsp3) is 0.200. The van der Waals surface area contributed by atoms with Crippen molar-refractivity contribution < 1.29 is 31.0 Å². The topological polar surface area (TPSA) is 172 Å². The Hall–Kier alpha value is -4.34. The highest BCUT2D eigenvalue weighted by molar-refractivity contribution is 7.92. The molecule has 210 valence electrons. The van der Waals surface area contributed by atoms with Crippen LogP contribution in [0.1, 0.15) is 11.3 Å². The molecule has 0 bridgehead atoms. The third-order valence-corrected chi connectivity index (χ3v) is 7.21. The first kappa shape index (κ1) is 28.7. The molecule has 4 rings (SSSR count). The van der Waals surface area contributed by atoms with Crippen molar-refractivity contribution in [2.24, 2.45) is 0 Å². The van der Waals surface area contributed by atoms with E-state index in [1.807, 2.05) is 0 Å². The maximum atomic E-state index is 13.3. The van der Waals surface area contributed by atoms with E-state index in [2.05, 4.69) is 29.4 Å². The Labute approximate surface area is 231 Å². The van der Waals surface area contributed by atoms with E-state index < -0.39 is 20.0 Å². The monoisotopic (exact) mass is 586 g/mol. The molecule has 1 aromatic carbocycles. The van der Waals surface area contributed by atoms with Gasteiger partial charge in [0, 0.05) is 18.0 Å². The summed E-state index contributed by atoms with van der Waals surface area (Å²) in [5.74, 6) is 0.244. The lowest BCUT2D eigenvalue weighted by Gasteiger charge is -2.17. The van der Waals surface area contributed by atoms with Gasteiger partial charge in [0.1, 0.15) is 0 Å². The summed E-state index contributed by atoms with van der Waals surface area (Å²) in [6.07, 6.45) is 3.91. The van der Waals surface area contributed by atoms with Crippen molar-refractivity contribution in [3.63, 3.8) is 0 Å². The number of hydrogen-bond donors (Lipinski definition) is 2. The molecule has 0 aliphatic heterocycles. The molecule has 0 fully saturated rings. The predicted molar refractivity (Wildman–Crippen MR) is 146 cm³/mol. The molecule has 0 amide bonds. The number of anilines is 1. The Morgan fingerprint density at radius 1 is 0.900 bits per heavy atom. The molecule has 0 spiro atoms. The lowest BCUT2D eigenvalue weighted by molar-refractivity contribution is 0.348. The zero-order valence-electron chi connectivity index (χ0n) is 21.9. The van der Waals surface area contributed by atoms with Crippen LogP contribution in [0.4, 0.5) is 5.82 Å². The SMILES string of the molecule is COc1ccccc1Oc1c(NS(=O)(=O)c2ccc(C)cn2)nc(-c2ccnc(CNS(C)(=O)=O)c2)nc1OC. The number of pyridine rings is 2. The van der Waals surface area contributed by atoms with Gasteiger partial charge in [0.2, 0.25) is 15.8 Å². The van der Waals surface area contributed by atoms with Gasteiger partial charge in [-0.25, -0.2) is 23.1 Å². The number of aromatic nitrogens is 4. The zero-order valence-corrected chi connectivity index (χ0v) is 23.6. The third kappa shape index (κ3) is 6.99. The van der Waals surface area contributed by atoms with Gasteiger partial charge in [-0.1, -0.05) is 18.2 Å². The molecule has 0 aliphatic carbocycles. The van der Waals surface area contributed by atoms with Crippen LogP contribution in [0.5, 0.6) is 23.1 Å². The third-order valence-electron chi connectivity index (χ3n) is 5.29. The van der Waals surface area contributed by atoms with E-state index in [0.717, 1.165) is 11.8 Å². The van der Waals surface area contributed by atoms with Crippen molar-refractivity contribution in [2.75, 3.05) is 25.2 Å². The highest BCUT2D eigenvalue weighted by atomic mass is 32.2. The lowest BCUT2D eigenvalue weighted by Crippen LogP contribution is -2.21. The molecule has 2 N–H and O–H groups in total. The number of benzene rings is 1. The van der Waals surface area contributed by atoms with Crippen LogP contribution < -0.4 is 23.7 Å². The van der Waals surface area contributed by atoms with Crippen molar-refractivity contribution in [2.45, 2.75) is 18.5 Å². The van der Waals surface area contributed by atoms with Gasteiger partial charge in [-0.2, -0.15) is 13.4 Å². The van der Waals surface area contributed by atoms with E-state index in [-0.39, 0.29) is 40.6 Å². The van der Waals surface area contributed by atoms with Crippen molar-refractivity contribution in [3.8, 4) is 34.5 Å². The van der Waals surface area contributed by atoms with Gasteiger partial charge < -0.3 is 14.2 Å². The van der Waals surface area contributed by atoms with E-state index >= 15 is 0 Å². The molecular weight excluding hydrogens is 560 g/mol. The minimum atomic E-state index is -4.22. The number of nitrogens with one attached hydrogen (secondary N) is 2. The first-order valence-electron chi connectivity index (χ1n) is 11.6. The minimum absolute atomic E-state index is 0.0572. The second-order valence-electron chi connectivity index (χ2n) is 8.40. The molecule has 40 heavy (non-hydrogen) atoms. The molecule has 0 aliphatic rings. The average Bonchev–Trinajstić information content (AvgIpc) is 2.93. The summed E-state index contributed by atoms with van der Waals surface area (Å²) in [6, 6.07) is 12.9. The van der Waals surface area contributed by atoms with Crippen molar-refractivity contribution in [1.82, 2.24) is 24.7 Å². The van der Waals surface area contributed by atoms with Gasteiger partial charge >= 0.3 is 0 Å². The molecule has 13 nitrogen and oxygen atoms in total. The second-order valence-corrected chi connectivity index (χ2v) is 11.9. The van der Waals surface area contributed by atoms with Gasteiger partial charge in [0.05, 0.1) is 32.7 Å². The highest BCUT2D eigenvalue weighted by Crippen LogP contribution is 2.41. The van der Waals surface area contributed by atoms with Crippen LogP contribution in [0.15, 0.2) is 66.0 Å². The quantitative estimate of drug-likeness (QED) is 0.265. The molecule has 0 saturated carbocycles. The summed E-state index contributed by atoms with van der Waals surface area (Å²) in [4.78, 5) is 17.0. The van der Waals surface area contributed by atoms with E-state index in [9.17, 15) is 16.8 Å². The molecule has 0 radical (unpaired) electrons. The summed E-state index contributed by atoms with van der Waals surface area (Å²) in [5.41, 5.74) is 1.58. The Morgan fingerprint density at radius 3 is 2.30 bits per heavy atom. The van der Waals surface area contributed by atoms with Crippen LogP contribution >= 0.6 is 0 Å². The van der Waals surface area contributed by atoms with E-state index in [1.165, 1.54) is 32.7 Å². The number of sulfonamides is 2. The number of nitrogens with zero attached hydrogens (tertiary/aromatic N) is 4. The summed E-state index contributed by atoms with van der Waals surface area (Å²) in [5, 5.41) is -0.237. The summed E-state index contributed by atoms with van der Waals surface area (Å²) >= 11 is 0. The Kier molecular flexibility index (Phi) is 8.46. The fourth-order valence-electron chi connectivity index (χ4n) is 3.38. The van der Waals surface area contributed by atoms with Gasteiger partial charge in [-0.15, -0.1) is 0 Å². The smallest absolute Gasteiger partial charge is 0.280 e. The normalized spacial score (nSPS) is 11.6. The van der Waals surface area contributed by atoms with Gasteiger partial charge in [0.25, 0.3) is 15.9 Å². The van der Waals surface area contributed by atoms with Crippen molar-refractivity contribution in [1.29, 1.82) is 0 Å². The average molecular weight is 587 g/mol. The molecule has 15 heteroatoms. The first-order valence-corrected chi connectivity index (χ1v) is 15.0. The van der Waals surface area contributed by atoms with Crippen molar-refractivity contribution >= 4 is 25.9 Å². The Bertz CT molecular complexity index is 1730. The molecule has 3 aromatic heterocycles.